The van der Waals surface area contributed by atoms with E-state index in [1.54, 1.807) is 6.92 Å². The van der Waals surface area contributed by atoms with E-state index in [1.807, 2.05) is 6.92 Å². The Morgan fingerprint density at radius 3 is 2.12 bits per heavy atom. The van der Waals surface area contributed by atoms with Crippen LogP contribution in [0, 0.1) is 0 Å². The van der Waals surface area contributed by atoms with Crippen LogP contribution in [-0.4, -0.2) is 11.1 Å². The molecule has 96 valence electrons. The highest BCUT2D eigenvalue weighted by Gasteiger charge is 2.03. The second kappa shape index (κ2) is 7.88. The third kappa shape index (κ3) is 7.56. The lowest BCUT2D eigenvalue weighted by Gasteiger charge is -2.02. The van der Waals surface area contributed by atoms with Crippen LogP contribution in [0.25, 0.3) is 0 Å². The Kier molecular flexibility index (Phi) is 7.27. The SMILES string of the molecule is CC(C)=CCC/C(C)=C/C/C(C)=C(\C)C(=O)O. The quantitative estimate of drug-likeness (QED) is 0.545. The average molecular weight is 236 g/mol. The second-order valence-corrected chi connectivity index (χ2v) is 4.79. The van der Waals surface area contributed by atoms with Gasteiger partial charge >= 0.3 is 5.97 Å². The Morgan fingerprint density at radius 1 is 1.06 bits per heavy atom. The van der Waals surface area contributed by atoms with Crippen LogP contribution >= 0.6 is 0 Å². The fraction of sp³-hybridized carbons (Fsp3) is 0.533. The van der Waals surface area contributed by atoms with Gasteiger partial charge in [0.25, 0.3) is 0 Å². The van der Waals surface area contributed by atoms with Crippen molar-refractivity contribution in [3.8, 4) is 0 Å². The smallest absolute Gasteiger partial charge is 0.331 e. The summed E-state index contributed by atoms with van der Waals surface area (Å²) in [5.74, 6) is -0.821. The number of carboxylic acids is 1. The molecule has 2 heteroatoms. The molecule has 0 atom stereocenters. The highest BCUT2D eigenvalue weighted by Crippen LogP contribution is 2.13. The van der Waals surface area contributed by atoms with Crippen molar-refractivity contribution >= 4 is 5.97 Å². The summed E-state index contributed by atoms with van der Waals surface area (Å²) in [6.45, 7) is 9.83. The number of hydrogen-bond acceptors (Lipinski definition) is 1. The molecule has 0 aliphatic carbocycles. The normalized spacial score (nSPS) is 13.1. The summed E-state index contributed by atoms with van der Waals surface area (Å²) < 4.78 is 0. The predicted octanol–water partition coefficient (Wildman–Crippen LogP) is 4.49. The van der Waals surface area contributed by atoms with E-state index in [0.717, 1.165) is 24.8 Å². The van der Waals surface area contributed by atoms with Crippen molar-refractivity contribution in [1.29, 1.82) is 0 Å². The zero-order valence-corrected chi connectivity index (χ0v) is 11.6. The van der Waals surface area contributed by atoms with Crippen molar-refractivity contribution in [3.63, 3.8) is 0 Å². The fourth-order valence-corrected chi connectivity index (χ4v) is 1.35. The Balaban J connectivity index is 4.29. The molecule has 0 radical (unpaired) electrons. The second-order valence-electron chi connectivity index (χ2n) is 4.79. The molecule has 0 saturated carbocycles. The van der Waals surface area contributed by atoms with E-state index in [-0.39, 0.29) is 0 Å². The third-order valence-electron chi connectivity index (χ3n) is 2.81. The van der Waals surface area contributed by atoms with Crippen LogP contribution in [0.3, 0.4) is 0 Å². The van der Waals surface area contributed by atoms with Crippen LogP contribution in [0.1, 0.15) is 53.9 Å². The zero-order chi connectivity index (χ0) is 13.4. The Bertz CT molecular complexity index is 353. The molecule has 1 N–H and O–H groups in total. The van der Waals surface area contributed by atoms with Gasteiger partial charge in [0, 0.05) is 5.57 Å². The predicted molar refractivity (Wildman–Crippen MR) is 73.0 cm³/mol. The van der Waals surface area contributed by atoms with Crippen molar-refractivity contribution in [1.82, 2.24) is 0 Å². The summed E-state index contributed by atoms with van der Waals surface area (Å²) >= 11 is 0. The zero-order valence-electron chi connectivity index (χ0n) is 11.6. The monoisotopic (exact) mass is 236 g/mol. The molecular weight excluding hydrogens is 212 g/mol. The average Bonchev–Trinajstić information content (AvgIpc) is 2.24. The molecule has 0 amide bonds. The van der Waals surface area contributed by atoms with Gasteiger partial charge < -0.3 is 5.11 Å². The molecule has 0 heterocycles. The number of rotatable bonds is 6. The van der Waals surface area contributed by atoms with E-state index in [9.17, 15) is 4.79 Å². The lowest BCUT2D eigenvalue weighted by Crippen LogP contribution is -1.99. The molecule has 0 aromatic heterocycles. The summed E-state index contributed by atoms with van der Waals surface area (Å²) in [6, 6.07) is 0. The van der Waals surface area contributed by atoms with Gasteiger partial charge in [-0.3, -0.25) is 0 Å². The summed E-state index contributed by atoms with van der Waals surface area (Å²) in [5, 5.41) is 8.83. The highest BCUT2D eigenvalue weighted by molar-refractivity contribution is 5.86. The minimum absolute atomic E-state index is 0.457. The standard InChI is InChI=1S/C15H24O2/c1-11(2)7-6-8-12(3)9-10-13(4)14(5)15(16)17/h7,9H,6,8,10H2,1-5H3,(H,16,17)/b12-9+,14-13+. The maximum atomic E-state index is 10.7. The molecule has 0 fully saturated rings. The summed E-state index contributed by atoms with van der Waals surface area (Å²) in [5.41, 5.74) is 4.05. The van der Waals surface area contributed by atoms with Crippen LogP contribution in [0.2, 0.25) is 0 Å². The molecule has 0 saturated heterocycles. The fourth-order valence-electron chi connectivity index (χ4n) is 1.35. The first-order valence-electron chi connectivity index (χ1n) is 6.03. The van der Waals surface area contributed by atoms with Crippen LogP contribution in [0.5, 0.6) is 0 Å². The summed E-state index contributed by atoms with van der Waals surface area (Å²) in [7, 11) is 0. The summed E-state index contributed by atoms with van der Waals surface area (Å²) in [4.78, 5) is 10.7. The Morgan fingerprint density at radius 2 is 1.65 bits per heavy atom. The first-order chi connectivity index (χ1) is 7.84. The van der Waals surface area contributed by atoms with E-state index < -0.39 is 5.97 Å². The Hall–Kier alpha value is -1.31. The molecule has 0 aromatic carbocycles. The molecule has 0 bridgehead atoms. The lowest BCUT2D eigenvalue weighted by molar-refractivity contribution is -0.132. The minimum Gasteiger partial charge on any atom is -0.478 e. The molecule has 0 aliphatic rings. The third-order valence-corrected chi connectivity index (χ3v) is 2.81. The van der Waals surface area contributed by atoms with Crippen molar-refractivity contribution in [2.24, 2.45) is 0 Å². The van der Waals surface area contributed by atoms with Crippen molar-refractivity contribution in [3.05, 3.63) is 34.4 Å². The van der Waals surface area contributed by atoms with Gasteiger partial charge in [0.1, 0.15) is 0 Å². The molecular formula is C15H24O2. The van der Waals surface area contributed by atoms with Gasteiger partial charge in [-0.1, -0.05) is 28.9 Å². The number of carboxylic acid groups (broad SMARTS) is 1. The van der Waals surface area contributed by atoms with Crippen molar-refractivity contribution in [2.45, 2.75) is 53.9 Å². The number of hydrogen-bond donors (Lipinski definition) is 1. The first kappa shape index (κ1) is 15.7. The maximum Gasteiger partial charge on any atom is 0.331 e. The largest absolute Gasteiger partial charge is 0.478 e. The van der Waals surface area contributed by atoms with Gasteiger partial charge in [0.15, 0.2) is 0 Å². The summed E-state index contributed by atoms with van der Waals surface area (Å²) in [6.07, 6.45) is 7.19. The lowest BCUT2D eigenvalue weighted by atomic mass is 10.0. The maximum absolute atomic E-state index is 10.7. The van der Waals surface area contributed by atoms with E-state index in [4.69, 9.17) is 5.11 Å². The first-order valence-corrected chi connectivity index (χ1v) is 6.03. The van der Waals surface area contributed by atoms with Gasteiger partial charge in [-0.2, -0.15) is 0 Å². The molecule has 0 unspecified atom stereocenters. The molecule has 2 nitrogen and oxygen atoms in total. The highest BCUT2D eigenvalue weighted by atomic mass is 16.4. The number of aliphatic carboxylic acids is 1. The molecule has 0 spiro atoms. The molecule has 0 aliphatic heterocycles. The molecule has 0 rings (SSSR count). The van der Waals surface area contributed by atoms with Crippen LogP contribution < -0.4 is 0 Å². The van der Waals surface area contributed by atoms with E-state index in [0.29, 0.717) is 5.57 Å². The van der Waals surface area contributed by atoms with Gasteiger partial charge in [-0.15, -0.1) is 0 Å². The number of allylic oxidation sites excluding steroid dienone is 5. The van der Waals surface area contributed by atoms with Gasteiger partial charge in [-0.05, 0) is 53.9 Å². The van der Waals surface area contributed by atoms with Crippen molar-refractivity contribution in [2.75, 3.05) is 0 Å². The van der Waals surface area contributed by atoms with Crippen LogP contribution in [0.15, 0.2) is 34.4 Å². The molecule has 17 heavy (non-hydrogen) atoms. The number of carbonyl (C=O) groups is 1. The molecule has 0 aromatic rings. The van der Waals surface area contributed by atoms with Crippen molar-refractivity contribution < 1.29 is 9.90 Å². The van der Waals surface area contributed by atoms with Gasteiger partial charge in [0.2, 0.25) is 0 Å². The van der Waals surface area contributed by atoms with E-state index >= 15 is 0 Å². The topological polar surface area (TPSA) is 37.3 Å². The van der Waals surface area contributed by atoms with Crippen LogP contribution in [-0.2, 0) is 4.79 Å². The van der Waals surface area contributed by atoms with Gasteiger partial charge in [0.05, 0.1) is 0 Å². The van der Waals surface area contributed by atoms with E-state index in [2.05, 4.69) is 32.9 Å². The van der Waals surface area contributed by atoms with Gasteiger partial charge in [-0.25, -0.2) is 4.79 Å². The minimum atomic E-state index is -0.821. The van der Waals surface area contributed by atoms with E-state index in [1.165, 1.54) is 11.1 Å². The van der Waals surface area contributed by atoms with Crippen LogP contribution in [0.4, 0.5) is 0 Å². The Labute approximate surface area is 105 Å².